The first-order chi connectivity index (χ1) is 7.27. The summed E-state index contributed by atoms with van der Waals surface area (Å²) in [6.45, 7) is 9.10. The molecule has 0 aliphatic carbocycles. The van der Waals surface area contributed by atoms with Gasteiger partial charge in [-0.2, -0.15) is 0 Å². The Balaban J connectivity index is 2.52. The molecule has 0 amide bonds. The Morgan fingerprint density at radius 2 is 1.87 bits per heavy atom. The average molecular weight is 204 g/mol. The lowest BCUT2D eigenvalue weighted by molar-refractivity contribution is 0.309. The van der Waals surface area contributed by atoms with Crippen LogP contribution in [-0.2, 0) is 0 Å². The highest BCUT2D eigenvalue weighted by Crippen LogP contribution is 2.19. The first kappa shape index (κ1) is 11.8. The van der Waals surface area contributed by atoms with E-state index in [9.17, 15) is 0 Å². The van der Waals surface area contributed by atoms with Crippen LogP contribution in [0.15, 0.2) is 30.8 Å². The number of hydrogen-bond donors (Lipinski definition) is 0. The van der Waals surface area contributed by atoms with E-state index in [0.717, 1.165) is 25.2 Å². The lowest BCUT2D eigenvalue weighted by Gasteiger charge is -2.07. The molecule has 0 unspecified atom stereocenters. The SMILES string of the molecule is C=C(CC)c1ccc(OCCCC)cc1. The van der Waals surface area contributed by atoms with Gasteiger partial charge in [0, 0.05) is 0 Å². The average Bonchev–Trinajstić information content (AvgIpc) is 2.29. The van der Waals surface area contributed by atoms with E-state index in [0.29, 0.717) is 0 Å². The van der Waals surface area contributed by atoms with Crippen LogP contribution in [0.3, 0.4) is 0 Å². The zero-order chi connectivity index (χ0) is 11.1. The molecule has 82 valence electrons. The number of ether oxygens (including phenoxy) is 1. The van der Waals surface area contributed by atoms with Crippen LogP contribution in [0.1, 0.15) is 38.7 Å². The van der Waals surface area contributed by atoms with Crippen molar-refractivity contribution < 1.29 is 4.74 Å². The zero-order valence-corrected chi connectivity index (χ0v) is 9.75. The molecule has 0 N–H and O–H groups in total. The standard InChI is InChI=1S/C14H20O/c1-4-6-11-15-14-9-7-13(8-10-14)12(3)5-2/h7-10H,3-6,11H2,1-2H3. The largest absolute Gasteiger partial charge is 0.494 e. The molecule has 1 rings (SSSR count). The summed E-state index contributed by atoms with van der Waals surface area (Å²) in [5.74, 6) is 0.955. The molecule has 0 saturated heterocycles. The molecule has 0 aliphatic rings. The molecule has 0 aromatic heterocycles. The van der Waals surface area contributed by atoms with Crippen molar-refractivity contribution in [1.29, 1.82) is 0 Å². The van der Waals surface area contributed by atoms with E-state index in [-0.39, 0.29) is 0 Å². The number of allylic oxidation sites excluding steroid dienone is 1. The van der Waals surface area contributed by atoms with Gasteiger partial charge in [0.15, 0.2) is 0 Å². The van der Waals surface area contributed by atoms with Gasteiger partial charge in [0.2, 0.25) is 0 Å². The van der Waals surface area contributed by atoms with Gasteiger partial charge < -0.3 is 4.74 Å². The van der Waals surface area contributed by atoms with Crippen LogP contribution in [0.2, 0.25) is 0 Å². The molecule has 1 nitrogen and oxygen atoms in total. The van der Waals surface area contributed by atoms with Crippen molar-refractivity contribution in [1.82, 2.24) is 0 Å². The molecule has 0 atom stereocenters. The van der Waals surface area contributed by atoms with E-state index >= 15 is 0 Å². The van der Waals surface area contributed by atoms with Crippen molar-refractivity contribution in [3.8, 4) is 5.75 Å². The minimum atomic E-state index is 0.810. The van der Waals surface area contributed by atoms with Crippen LogP contribution in [0.5, 0.6) is 5.75 Å². The molecule has 0 bridgehead atoms. The monoisotopic (exact) mass is 204 g/mol. The van der Waals surface area contributed by atoms with E-state index in [1.54, 1.807) is 0 Å². The summed E-state index contributed by atoms with van der Waals surface area (Å²) in [5.41, 5.74) is 2.38. The lowest BCUT2D eigenvalue weighted by Crippen LogP contribution is -1.96. The van der Waals surface area contributed by atoms with Crippen LogP contribution in [0.25, 0.3) is 5.57 Å². The third kappa shape index (κ3) is 3.78. The van der Waals surface area contributed by atoms with Crippen molar-refractivity contribution in [3.05, 3.63) is 36.4 Å². The smallest absolute Gasteiger partial charge is 0.119 e. The zero-order valence-electron chi connectivity index (χ0n) is 9.75. The van der Waals surface area contributed by atoms with Crippen molar-refractivity contribution in [3.63, 3.8) is 0 Å². The summed E-state index contributed by atoms with van der Waals surface area (Å²) in [7, 11) is 0. The molecule has 0 saturated carbocycles. The Morgan fingerprint density at radius 1 is 1.20 bits per heavy atom. The maximum Gasteiger partial charge on any atom is 0.119 e. The maximum absolute atomic E-state index is 5.59. The molecule has 0 aliphatic heterocycles. The number of unbranched alkanes of at least 4 members (excludes halogenated alkanes) is 1. The molecule has 1 aromatic rings. The molecule has 0 radical (unpaired) electrons. The van der Waals surface area contributed by atoms with Gasteiger partial charge in [-0.25, -0.2) is 0 Å². The van der Waals surface area contributed by atoms with Crippen molar-refractivity contribution in [2.24, 2.45) is 0 Å². The van der Waals surface area contributed by atoms with Crippen molar-refractivity contribution >= 4 is 5.57 Å². The second kappa shape index (κ2) is 6.28. The number of benzene rings is 1. The number of rotatable bonds is 6. The molecule has 15 heavy (non-hydrogen) atoms. The Labute approximate surface area is 92.8 Å². The van der Waals surface area contributed by atoms with Gasteiger partial charge in [0.1, 0.15) is 5.75 Å². The van der Waals surface area contributed by atoms with Crippen LogP contribution >= 0.6 is 0 Å². The van der Waals surface area contributed by atoms with Crippen molar-refractivity contribution in [2.45, 2.75) is 33.1 Å². The van der Waals surface area contributed by atoms with Crippen molar-refractivity contribution in [2.75, 3.05) is 6.61 Å². The van der Waals surface area contributed by atoms with E-state index in [1.165, 1.54) is 17.6 Å². The van der Waals surface area contributed by atoms with Gasteiger partial charge in [-0.15, -0.1) is 0 Å². The minimum Gasteiger partial charge on any atom is -0.494 e. The number of hydrogen-bond acceptors (Lipinski definition) is 1. The molecular weight excluding hydrogens is 184 g/mol. The maximum atomic E-state index is 5.59. The third-order valence-corrected chi connectivity index (χ3v) is 2.46. The van der Waals surface area contributed by atoms with Gasteiger partial charge >= 0.3 is 0 Å². The Bertz CT molecular complexity index is 298. The van der Waals surface area contributed by atoms with Gasteiger partial charge in [-0.3, -0.25) is 0 Å². The molecule has 1 heteroatoms. The fourth-order valence-corrected chi connectivity index (χ4v) is 1.33. The highest BCUT2D eigenvalue weighted by atomic mass is 16.5. The highest BCUT2D eigenvalue weighted by Gasteiger charge is 1.97. The predicted molar refractivity (Wildman–Crippen MR) is 66.2 cm³/mol. The Morgan fingerprint density at radius 3 is 2.40 bits per heavy atom. The molecular formula is C14H20O. The summed E-state index contributed by atoms with van der Waals surface area (Å²) in [5, 5.41) is 0. The lowest BCUT2D eigenvalue weighted by atomic mass is 10.1. The first-order valence-corrected chi connectivity index (χ1v) is 5.69. The fourth-order valence-electron chi connectivity index (χ4n) is 1.33. The molecule has 0 fully saturated rings. The second-order valence-electron chi connectivity index (χ2n) is 3.68. The third-order valence-electron chi connectivity index (χ3n) is 2.46. The van der Waals surface area contributed by atoms with E-state index in [4.69, 9.17) is 4.74 Å². The minimum absolute atomic E-state index is 0.810. The van der Waals surface area contributed by atoms with Crippen LogP contribution in [-0.4, -0.2) is 6.61 Å². The summed E-state index contributed by atoms with van der Waals surface area (Å²) >= 11 is 0. The Hall–Kier alpha value is -1.24. The van der Waals surface area contributed by atoms with Gasteiger partial charge in [-0.05, 0) is 36.1 Å². The first-order valence-electron chi connectivity index (χ1n) is 5.69. The quantitative estimate of drug-likeness (QED) is 0.628. The van der Waals surface area contributed by atoms with E-state index in [2.05, 4.69) is 32.6 Å². The van der Waals surface area contributed by atoms with E-state index < -0.39 is 0 Å². The molecule has 0 spiro atoms. The topological polar surface area (TPSA) is 9.23 Å². The summed E-state index contributed by atoms with van der Waals surface area (Å²) in [6.07, 6.45) is 3.28. The summed E-state index contributed by atoms with van der Waals surface area (Å²) < 4.78 is 5.59. The predicted octanol–water partition coefficient (Wildman–Crippen LogP) is 4.29. The normalized spacial score (nSPS) is 10.0. The molecule has 1 aromatic carbocycles. The molecule has 0 heterocycles. The summed E-state index contributed by atoms with van der Waals surface area (Å²) in [4.78, 5) is 0. The summed E-state index contributed by atoms with van der Waals surface area (Å²) in [6, 6.07) is 8.19. The highest BCUT2D eigenvalue weighted by molar-refractivity contribution is 5.63. The van der Waals surface area contributed by atoms with Crippen LogP contribution in [0.4, 0.5) is 0 Å². The van der Waals surface area contributed by atoms with Crippen LogP contribution < -0.4 is 4.74 Å². The van der Waals surface area contributed by atoms with Gasteiger partial charge in [0.25, 0.3) is 0 Å². The van der Waals surface area contributed by atoms with E-state index in [1.807, 2.05) is 12.1 Å². The van der Waals surface area contributed by atoms with Gasteiger partial charge in [-0.1, -0.05) is 39.0 Å². The Kier molecular flexibility index (Phi) is 4.96. The second-order valence-corrected chi connectivity index (χ2v) is 3.68. The van der Waals surface area contributed by atoms with Crippen LogP contribution in [0, 0.1) is 0 Å². The van der Waals surface area contributed by atoms with Gasteiger partial charge in [0.05, 0.1) is 6.61 Å². The fraction of sp³-hybridized carbons (Fsp3) is 0.429.